The summed E-state index contributed by atoms with van der Waals surface area (Å²) in [6, 6.07) is 0. The van der Waals surface area contributed by atoms with Gasteiger partial charge in [0.25, 0.3) is 0 Å². The fourth-order valence-corrected chi connectivity index (χ4v) is 6.69. The number of rotatable bonds is 10. The molecule has 0 spiro atoms. The molecule has 0 aliphatic carbocycles. The number of thioether (sulfide) groups is 3. The Balaban J connectivity index is 5.19. The Bertz CT molecular complexity index is 230. The molecule has 0 radical (unpaired) electrons. The minimum absolute atomic E-state index is 0.0881. The van der Waals surface area contributed by atoms with Crippen LogP contribution >= 0.6 is 47.4 Å². The molecular formula is C12H25FOS4. The molecule has 0 aliphatic heterocycles. The van der Waals surface area contributed by atoms with Crippen LogP contribution in [0.2, 0.25) is 0 Å². The maximum Gasteiger partial charge on any atom is 0.186 e. The molecule has 0 aromatic carbocycles. The van der Waals surface area contributed by atoms with Crippen LogP contribution in [0.25, 0.3) is 0 Å². The molecule has 0 rings (SSSR count). The van der Waals surface area contributed by atoms with Crippen molar-refractivity contribution in [1.29, 1.82) is 0 Å². The SMILES string of the molecule is CCCSC(C)(SF)C(OC(C)C)(SC)SCC. The molecule has 0 N–H and O–H groups in total. The van der Waals surface area contributed by atoms with E-state index in [-0.39, 0.29) is 6.10 Å². The summed E-state index contributed by atoms with van der Waals surface area (Å²) in [6.45, 7) is 10.2. The molecule has 0 aromatic heterocycles. The van der Waals surface area contributed by atoms with Gasteiger partial charge in [-0.3, -0.25) is 0 Å². The number of halogens is 1. The zero-order valence-corrected chi connectivity index (χ0v) is 15.4. The highest BCUT2D eigenvalue weighted by atomic mass is 32.2. The molecule has 0 aromatic rings. The van der Waals surface area contributed by atoms with Crippen molar-refractivity contribution in [3.63, 3.8) is 0 Å². The van der Waals surface area contributed by atoms with Gasteiger partial charge >= 0.3 is 0 Å². The van der Waals surface area contributed by atoms with Gasteiger partial charge in [-0.05, 0) is 45.0 Å². The first-order valence-corrected chi connectivity index (χ1v) is 10.1. The monoisotopic (exact) mass is 332 g/mol. The summed E-state index contributed by atoms with van der Waals surface area (Å²) in [5.41, 5.74) is 0. The molecule has 110 valence electrons. The van der Waals surface area contributed by atoms with Crippen LogP contribution in [0.4, 0.5) is 3.89 Å². The normalized spacial score (nSPS) is 18.7. The van der Waals surface area contributed by atoms with Crippen LogP contribution in [-0.2, 0) is 4.74 Å². The second-order valence-electron chi connectivity index (χ2n) is 4.23. The van der Waals surface area contributed by atoms with Crippen molar-refractivity contribution in [2.24, 2.45) is 0 Å². The third-order valence-corrected chi connectivity index (χ3v) is 8.44. The lowest BCUT2D eigenvalue weighted by Gasteiger charge is -2.44. The molecule has 0 bridgehead atoms. The Hall–Kier alpha value is 1.29. The molecule has 0 aliphatic rings. The Morgan fingerprint density at radius 2 is 1.83 bits per heavy atom. The van der Waals surface area contributed by atoms with Crippen LogP contribution in [0.1, 0.15) is 41.0 Å². The molecule has 2 unspecified atom stereocenters. The van der Waals surface area contributed by atoms with Crippen molar-refractivity contribution in [3.05, 3.63) is 0 Å². The zero-order chi connectivity index (χ0) is 14.2. The summed E-state index contributed by atoms with van der Waals surface area (Å²) < 4.78 is 18.6. The topological polar surface area (TPSA) is 9.23 Å². The minimum Gasteiger partial charge on any atom is -0.350 e. The fraction of sp³-hybridized carbons (Fsp3) is 1.00. The minimum atomic E-state index is -0.590. The molecule has 0 amide bonds. The maximum absolute atomic E-state index is 13.6. The summed E-state index contributed by atoms with van der Waals surface area (Å²) in [4.78, 5) is 0. The number of hydrogen-bond acceptors (Lipinski definition) is 5. The van der Waals surface area contributed by atoms with Crippen LogP contribution in [0, 0.1) is 0 Å². The molecule has 2 atom stereocenters. The summed E-state index contributed by atoms with van der Waals surface area (Å²) >= 11 is 5.39. The lowest BCUT2D eigenvalue weighted by atomic mass is 10.4. The summed E-state index contributed by atoms with van der Waals surface area (Å²) in [5.74, 6) is 1.86. The Labute approximate surface area is 129 Å². The Kier molecular flexibility index (Phi) is 9.93. The predicted octanol–water partition coefficient (Wildman–Crippen LogP) is 5.66. The second kappa shape index (κ2) is 9.27. The second-order valence-corrected chi connectivity index (χ2v) is 9.66. The first-order chi connectivity index (χ1) is 8.41. The average Bonchev–Trinajstić information content (AvgIpc) is 2.34. The summed E-state index contributed by atoms with van der Waals surface area (Å²) in [6.07, 6.45) is 3.14. The quantitative estimate of drug-likeness (QED) is 0.476. The standard InChI is InChI=1S/C12H25FOS4/c1-7-9-17-11(5,18-13)12(15-6,16-8-2)14-10(3)4/h10H,7-9H2,1-6H3. The van der Waals surface area contributed by atoms with Gasteiger partial charge in [-0.2, -0.15) is 3.89 Å². The van der Waals surface area contributed by atoms with E-state index in [4.69, 9.17) is 4.74 Å². The van der Waals surface area contributed by atoms with Crippen molar-refractivity contribution in [1.82, 2.24) is 0 Å². The highest BCUT2D eigenvalue weighted by Crippen LogP contribution is 2.58. The van der Waals surface area contributed by atoms with Gasteiger partial charge in [-0.1, -0.05) is 13.8 Å². The van der Waals surface area contributed by atoms with Crippen molar-refractivity contribution >= 4 is 47.4 Å². The molecule has 0 fully saturated rings. The van der Waals surface area contributed by atoms with Crippen molar-refractivity contribution in [2.75, 3.05) is 17.8 Å². The van der Waals surface area contributed by atoms with Crippen molar-refractivity contribution < 1.29 is 8.62 Å². The zero-order valence-electron chi connectivity index (χ0n) is 12.1. The van der Waals surface area contributed by atoms with Gasteiger partial charge in [-0.15, -0.1) is 35.3 Å². The molecule has 0 heterocycles. The van der Waals surface area contributed by atoms with Gasteiger partial charge in [0.2, 0.25) is 0 Å². The van der Waals surface area contributed by atoms with E-state index in [0.29, 0.717) is 12.1 Å². The van der Waals surface area contributed by atoms with E-state index in [2.05, 4.69) is 13.8 Å². The fourth-order valence-electron chi connectivity index (χ4n) is 1.52. The third kappa shape index (κ3) is 5.00. The number of ether oxygens (including phenoxy) is 1. The van der Waals surface area contributed by atoms with Gasteiger partial charge in [-0.25, -0.2) is 0 Å². The van der Waals surface area contributed by atoms with Gasteiger partial charge in [0, 0.05) is 0 Å². The van der Waals surface area contributed by atoms with E-state index >= 15 is 0 Å². The first kappa shape index (κ1) is 19.3. The first-order valence-electron chi connectivity index (χ1n) is 6.22. The van der Waals surface area contributed by atoms with Crippen LogP contribution in [0.5, 0.6) is 0 Å². The van der Waals surface area contributed by atoms with Crippen LogP contribution in [0.15, 0.2) is 0 Å². The van der Waals surface area contributed by atoms with Crippen molar-refractivity contribution in [2.45, 2.75) is 55.5 Å². The van der Waals surface area contributed by atoms with E-state index in [9.17, 15) is 3.89 Å². The molecule has 0 saturated carbocycles. The molecule has 6 heteroatoms. The molecule has 1 nitrogen and oxygen atoms in total. The third-order valence-electron chi connectivity index (χ3n) is 2.28. The van der Waals surface area contributed by atoms with E-state index in [1.165, 1.54) is 0 Å². The van der Waals surface area contributed by atoms with E-state index < -0.39 is 8.34 Å². The highest BCUT2D eigenvalue weighted by molar-refractivity contribution is 8.23. The molecule has 0 saturated heterocycles. The predicted molar refractivity (Wildman–Crippen MR) is 90.5 cm³/mol. The molecular weight excluding hydrogens is 307 g/mol. The highest BCUT2D eigenvalue weighted by Gasteiger charge is 2.52. The van der Waals surface area contributed by atoms with Gasteiger partial charge in [0.1, 0.15) is 4.08 Å². The summed E-state index contributed by atoms with van der Waals surface area (Å²) in [7, 11) is 0. The lowest BCUT2D eigenvalue weighted by Crippen LogP contribution is -2.45. The summed E-state index contributed by atoms with van der Waals surface area (Å²) in [5, 5.41) is 0. The number of hydrogen-bond donors (Lipinski definition) is 0. The van der Waals surface area contributed by atoms with Crippen LogP contribution in [-0.4, -0.2) is 32.2 Å². The van der Waals surface area contributed by atoms with Gasteiger partial charge < -0.3 is 4.74 Å². The molecule has 18 heavy (non-hydrogen) atoms. The van der Waals surface area contributed by atoms with Crippen molar-refractivity contribution in [3.8, 4) is 0 Å². The van der Waals surface area contributed by atoms with E-state index in [0.717, 1.165) is 17.9 Å². The Morgan fingerprint density at radius 3 is 2.17 bits per heavy atom. The van der Waals surface area contributed by atoms with E-state index in [1.54, 1.807) is 35.3 Å². The van der Waals surface area contributed by atoms with E-state index in [1.807, 2.05) is 27.0 Å². The largest absolute Gasteiger partial charge is 0.350 e. The average molecular weight is 333 g/mol. The van der Waals surface area contributed by atoms with Crippen LogP contribution in [0.3, 0.4) is 0 Å². The smallest absolute Gasteiger partial charge is 0.186 e. The lowest BCUT2D eigenvalue weighted by molar-refractivity contribution is 0.0347. The van der Waals surface area contributed by atoms with Gasteiger partial charge in [0.15, 0.2) is 4.27 Å². The van der Waals surface area contributed by atoms with Gasteiger partial charge in [0.05, 0.1) is 18.3 Å². The van der Waals surface area contributed by atoms with Crippen LogP contribution < -0.4 is 0 Å². The Morgan fingerprint density at radius 1 is 1.22 bits per heavy atom. The maximum atomic E-state index is 13.6.